The van der Waals surface area contributed by atoms with Crippen molar-refractivity contribution in [2.24, 2.45) is 0 Å². The van der Waals surface area contributed by atoms with Crippen molar-refractivity contribution in [3.63, 3.8) is 0 Å². The van der Waals surface area contributed by atoms with Gasteiger partial charge in [-0.1, -0.05) is 57.0 Å². The Morgan fingerprint density at radius 2 is 1.68 bits per heavy atom. The summed E-state index contributed by atoms with van der Waals surface area (Å²) in [5.41, 5.74) is 0. The first kappa shape index (κ1) is 23.3. The van der Waals surface area contributed by atoms with Gasteiger partial charge in [-0.15, -0.1) is 0 Å². The molecule has 0 radical (unpaired) electrons. The first-order chi connectivity index (χ1) is 11.9. The van der Waals surface area contributed by atoms with Crippen LogP contribution in [0, 0.1) is 0 Å². The summed E-state index contributed by atoms with van der Waals surface area (Å²) < 4.78 is 4.68. The van der Waals surface area contributed by atoms with Crippen LogP contribution >= 0.6 is 43.2 Å². The summed E-state index contributed by atoms with van der Waals surface area (Å²) in [7, 11) is 6.01. The summed E-state index contributed by atoms with van der Waals surface area (Å²) in [5.74, 6) is 0.187. The van der Waals surface area contributed by atoms with Gasteiger partial charge < -0.3 is 14.9 Å². The van der Waals surface area contributed by atoms with E-state index in [0.717, 1.165) is 24.6 Å². The Labute approximate surface area is 165 Å². The lowest BCUT2D eigenvalue weighted by atomic mass is 10.0. The largest absolute Gasteiger partial charge is 0.481 e. The molecule has 1 saturated heterocycles. The number of carboxylic acid groups (broad SMARTS) is 2. The van der Waals surface area contributed by atoms with E-state index in [1.54, 1.807) is 21.6 Å². The Hall–Kier alpha value is 0.260. The van der Waals surface area contributed by atoms with E-state index in [-0.39, 0.29) is 11.8 Å². The molecule has 0 aromatic carbocycles. The Bertz CT molecular complexity index is 417. The molecule has 1 atom stereocenters. The van der Waals surface area contributed by atoms with Crippen molar-refractivity contribution in [1.82, 2.24) is 4.90 Å². The smallest absolute Gasteiger partial charge is 0.320 e. The van der Waals surface area contributed by atoms with Gasteiger partial charge >= 0.3 is 11.9 Å². The number of nitrogens with zero attached hydrogens (tertiary/aromatic N) is 1. The highest BCUT2D eigenvalue weighted by Crippen LogP contribution is 2.42. The Morgan fingerprint density at radius 1 is 1.08 bits per heavy atom. The van der Waals surface area contributed by atoms with Crippen LogP contribution in [-0.2, 0) is 14.3 Å². The Balaban J connectivity index is 2.53. The molecule has 1 unspecified atom stereocenters. The van der Waals surface area contributed by atoms with Crippen molar-refractivity contribution in [3.05, 3.63) is 0 Å². The molecular weight excluding hydrogens is 402 g/mol. The van der Waals surface area contributed by atoms with E-state index >= 15 is 0 Å². The highest BCUT2D eigenvalue weighted by Gasteiger charge is 2.36. The molecule has 10 heteroatoms. The Morgan fingerprint density at radius 3 is 2.20 bits per heavy atom. The topological polar surface area (TPSA) is 87.1 Å². The molecule has 1 aliphatic heterocycles. The van der Waals surface area contributed by atoms with Crippen LogP contribution < -0.4 is 0 Å². The van der Waals surface area contributed by atoms with Gasteiger partial charge in [0.05, 0.1) is 13.2 Å². The minimum Gasteiger partial charge on any atom is -0.481 e. The summed E-state index contributed by atoms with van der Waals surface area (Å²) in [4.78, 5) is 24.6. The number of ether oxygens (including phenoxy) is 1. The zero-order valence-corrected chi connectivity index (χ0v) is 17.9. The predicted molar refractivity (Wildman–Crippen MR) is 110 cm³/mol. The third-order valence-corrected chi connectivity index (χ3v) is 9.84. The van der Waals surface area contributed by atoms with Crippen LogP contribution in [0.25, 0.3) is 0 Å². The highest BCUT2D eigenvalue weighted by atomic mass is 33.1. The first-order valence-electron chi connectivity index (χ1n) is 8.27. The van der Waals surface area contributed by atoms with Crippen LogP contribution in [0.2, 0.25) is 0 Å². The lowest BCUT2D eigenvalue weighted by Gasteiger charge is -2.34. The van der Waals surface area contributed by atoms with E-state index in [1.807, 2.05) is 13.8 Å². The SMILES string of the molecule is CCC(CC)(SSCC(CSSCC(=O)O)N1CCOCC1)C(=O)O. The first-order valence-corrected chi connectivity index (χ1v) is 13.1. The number of rotatable bonds is 13. The molecule has 0 spiro atoms. The molecule has 1 aliphatic rings. The molecule has 2 N–H and O–H groups in total. The molecule has 0 amide bonds. The fourth-order valence-electron chi connectivity index (χ4n) is 2.35. The number of morpholine rings is 1. The lowest BCUT2D eigenvalue weighted by Crippen LogP contribution is -2.46. The molecular formula is C15H27NO5S4. The molecule has 146 valence electrons. The van der Waals surface area contributed by atoms with Gasteiger partial charge in [0.2, 0.25) is 0 Å². The van der Waals surface area contributed by atoms with Gasteiger partial charge in [0.1, 0.15) is 10.5 Å². The van der Waals surface area contributed by atoms with E-state index in [9.17, 15) is 14.7 Å². The molecule has 25 heavy (non-hydrogen) atoms. The van der Waals surface area contributed by atoms with Crippen LogP contribution in [-0.4, -0.2) is 81.4 Å². The molecule has 0 saturated carbocycles. The lowest BCUT2D eigenvalue weighted by molar-refractivity contribution is -0.140. The van der Waals surface area contributed by atoms with Gasteiger partial charge in [0.15, 0.2) is 0 Å². The summed E-state index contributed by atoms with van der Waals surface area (Å²) in [6.45, 7) is 7.00. The normalized spacial score (nSPS) is 17.4. The van der Waals surface area contributed by atoms with Crippen LogP contribution in [0.4, 0.5) is 0 Å². The molecule has 6 nitrogen and oxygen atoms in total. The van der Waals surface area contributed by atoms with E-state index in [0.29, 0.717) is 26.1 Å². The molecule has 1 heterocycles. The number of aliphatic carboxylic acids is 2. The van der Waals surface area contributed by atoms with Crippen LogP contribution in [0.5, 0.6) is 0 Å². The van der Waals surface area contributed by atoms with Crippen LogP contribution in [0.1, 0.15) is 26.7 Å². The number of hydrogen-bond donors (Lipinski definition) is 2. The third-order valence-electron chi connectivity index (χ3n) is 4.10. The highest BCUT2D eigenvalue weighted by molar-refractivity contribution is 8.77. The van der Waals surface area contributed by atoms with Crippen molar-refractivity contribution >= 4 is 55.1 Å². The zero-order chi connectivity index (χ0) is 18.7. The maximum Gasteiger partial charge on any atom is 0.320 e. The van der Waals surface area contributed by atoms with E-state index in [1.165, 1.54) is 21.6 Å². The second-order valence-corrected chi connectivity index (χ2v) is 10.8. The third kappa shape index (κ3) is 8.21. The molecule has 0 bridgehead atoms. The average Bonchev–Trinajstić information content (AvgIpc) is 2.61. The second-order valence-electron chi connectivity index (χ2n) is 5.62. The van der Waals surface area contributed by atoms with E-state index < -0.39 is 16.7 Å². The number of carbonyl (C=O) groups is 2. The van der Waals surface area contributed by atoms with Crippen molar-refractivity contribution in [2.45, 2.75) is 37.5 Å². The van der Waals surface area contributed by atoms with Gasteiger partial charge in [0, 0.05) is 30.6 Å². The molecule has 0 aromatic rings. The average molecular weight is 430 g/mol. The van der Waals surface area contributed by atoms with Gasteiger partial charge in [-0.3, -0.25) is 14.5 Å². The zero-order valence-electron chi connectivity index (χ0n) is 14.6. The fraction of sp³-hybridized carbons (Fsp3) is 0.867. The quantitative estimate of drug-likeness (QED) is 0.336. The number of hydrogen-bond acceptors (Lipinski definition) is 8. The van der Waals surface area contributed by atoms with Crippen LogP contribution in [0.3, 0.4) is 0 Å². The maximum absolute atomic E-state index is 11.6. The summed E-state index contributed by atoms with van der Waals surface area (Å²) >= 11 is 0. The van der Waals surface area contributed by atoms with Crippen molar-refractivity contribution in [1.29, 1.82) is 0 Å². The molecule has 0 aromatic heterocycles. The fourth-order valence-corrected chi connectivity index (χ4v) is 7.94. The summed E-state index contributed by atoms with van der Waals surface area (Å²) in [5, 5.41) is 18.3. The summed E-state index contributed by atoms with van der Waals surface area (Å²) in [6.07, 6.45) is 1.20. The van der Waals surface area contributed by atoms with E-state index in [2.05, 4.69) is 4.90 Å². The monoisotopic (exact) mass is 429 g/mol. The predicted octanol–water partition coefficient (Wildman–Crippen LogP) is 3.18. The standard InChI is InChI=1S/C15H27NO5S4/c1-3-15(4-2,14(19)20)25-24-10-12(9-22-23-11-13(17)18)16-5-7-21-8-6-16/h12H,3-11H2,1-2H3,(H,17,18)(H,19,20). The Kier molecular flexibility index (Phi) is 11.8. The van der Waals surface area contributed by atoms with Gasteiger partial charge in [-0.25, -0.2) is 0 Å². The number of carboxylic acids is 2. The van der Waals surface area contributed by atoms with E-state index in [4.69, 9.17) is 9.84 Å². The van der Waals surface area contributed by atoms with Crippen molar-refractivity contribution in [3.8, 4) is 0 Å². The van der Waals surface area contributed by atoms with Crippen molar-refractivity contribution < 1.29 is 24.5 Å². The molecule has 1 fully saturated rings. The minimum absolute atomic E-state index is 0.0934. The summed E-state index contributed by atoms with van der Waals surface area (Å²) in [6, 6.07) is 0.285. The van der Waals surface area contributed by atoms with Gasteiger partial charge in [-0.2, -0.15) is 0 Å². The van der Waals surface area contributed by atoms with Crippen LogP contribution in [0.15, 0.2) is 0 Å². The molecule has 0 aliphatic carbocycles. The van der Waals surface area contributed by atoms with Crippen molar-refractivity contribution in [2.75, 3.05) is 43.6 Å². The molecule has 1 rings (SSSR count). The maximum atomic E-state index is 11.6. The van der Waals surface area contributed by atoms with Gasteiger partial charge in [-0.05, 0) is 12.8 Å². The second kappa shape index (κ2) is 12.6. The minimum atomic E-state index is -0.803. The van der Waals surface area contributed by atoms with Gasteiger partial charge in [0.25, 0.3) is 0 Å².